The second-order valence-corrected chi connectivity index (χ2v) is 8.53. The number of furan rings is 1. The zero-order valence-corrected chi connectivity index (χ0v) is 18.2. The number of carbonyl (C=O) groups excluding carboxylic acids is 1. The zero-order chi connectivity index (χ0) is 22.0. The van der Waals surface area contributed by atoms with Crippen LogP contribution in [0, 0.1) is 26.6 Å². The minimum absolute atomic E-state index is 0.237. The molecule has 0 fully saturated rings. The second kappa shape index (κ2) is 8.73. The molecule has 3 heterocycles. The van der Waals surface area contributed by atoms with Crippen molar-refractivity contribution in [3.63, 3.8) is 0 Å². The van der Waals surface area contributed by atoms with Crippen LogP contribution < -0.4 is 10.6 Å². The van der Waals surface area contributed by atoms with E-state index in [2.05, 4.69) is 15.6 Å². The average molecular weight is 436 g/mol. The number of pyridine rings is 1. The number of rotatable bonds is 6. The van der Waals surface area contributed by atoms with Crippen LogP contribution in [0.25, 0.3) is 0 Å². The van der Waals surface area contributed by atoms with Gasteiger partial charge >= 0.3 is 0 Å². The van der Waals surface area contributed by atoms with Crippen LogP contribution in [0.2, 0.25) is 0 Å². The second-order valence-electron chi connectivity index (χ2n) is 7.30. The molecule has 0 spiro atoms. The lowest BCUT2D eigenvalue weighted by molar-refractivity contribution is 0.0997. The van der Waals surface area contributed by atoms with Crippen molar-refractivity contribution in [1.29, 1.82) is 0 Å². The van der Waals surface area contributed by atoms with Crippen LogP contribution in [0.3, 0.4) is 0 Å². The largest absolute Gasteiger partial charge is 0.459 e. The molecule has 0 bridgehead atoms. The van der Waals surface area contributed by atoms with Crippen molar-refractivity contribution in [2.24, 2.45) is 0 Å². The van der Waals surface area contributed by atoms with Crippen molar-refractivity contribution in [3.05, 3.63) is 99.7 Å². The third-order valence-corrected chi connectivity index (χ3v) is 6.24. The molecule has 4 rings (SSSR count). The first kappa shape index (κ1) is 20.8. The number of halogens is 1. The van der Waals surface area contributed by atoms with E-state index in [0.717, 1.165) is 27.1 Å². The molecule has 0 aliphatic carbocycles. The van der Waals surface area contributed by atoms with E-state index >= 15 is 0 Å². The Balaban J connectivity index is 1.78. The SMILES string of the molecule is Cc1ccnc(N[C@@H](c2ccc(F)cc2)c2c(NC(=O)c3ccco3)sc(C)c2C)c1. The molecule has 0 saturated carbocycles. The Hall–Kier alpha value is -3.45. The van der Waals surface area contributed by atoms with Gasteiger partial charge in [-0.05, 0) is 73.9 Å². The van der Waals surface area contributed by atoms with Crippen molar-refractivity contribution in [2.45, 2.75) is 26.8 Å². The maximum Gasteiger partial charge on any atom is 0.291 e. The number of anilines is 2. The minimum Gasteiger partial charge on any atom is -0.459 e. The van der Waals surface area contributed by atoms with Crippen LogP contribution in [0.1, 0.15) is 43.7 Å². The molecule has 0 aliphatic heterocycles. The number of thiophene rings is 1. The Morgan fingerprint density at radius 2 is 1.90 bits per heavy atom. The molecule has 158 valence electrons. The first-order chi connectivity index (χ1) is 14.9. The zero-order valence-electron chi connectivity index (χ0n) is 17.4. The third kappa shape index (κ3) is 4.51. The summed E-state index contributed by atoms with van der Waals surface area (Å²) in [5.41, 5.74) is 3.89. The van der Waals surface area contributed by atoms with Gasteiger partial charge in [0.1, 0.15) is 16.6 Å². The van der Waals surface area contributed by atoms with E-state index in [1.54, 1.807) is 30.5 Å². The summed E-state index contributed by atoms with van der Waals surface area (Å²) in [6, 6.07) is 13.2. The molecule has 0 unspecified atom stereocenters. The summed E-state index contributed by atoms with van der Waals surface area (Å²) in [6.07, 6.45) is 3.21. The maximum absolute atomic E-state index is 13.6. The lowest BCUT2D eigenvalue weighted by Crippen LogP contribution is -2.17. The van der Waals surface area contributed by atoms with Crippen molar-refractivity contribution in [2.75, 3.05) is 10.6 Å². The number of aryl methyl sites for hydroxylation is 2. The van der Waals surface area contributed by atoms with E-state index in [4.69, 9.17) is 4.42 Å². The molecule has 1 atom stereocenters. The topological polar surface area (TPSA) is 67.2 Å². The number of nitrogens with zero attached hydrogens (tertiary/aromatic N) is 1. The Morgan fingerprint density at radius 3 is 2.58 bits per heavy atom. The monoisotopic (exact) mass is 435 g/mol. The van der Waals surface area contributed by atoms with Crippen LogP contribution in [-0.4, -0.2) is 10.9 Å². The van der Waals surface area contributed by atoms with Crippen molar-refractivity contribution >= 4 is 28.1 Å². The normalized spacial score (nSPS) is 11.9. The summed E-state index contributed by atoms with van der Waals surface area (Å²) in [6.45, 7) is 6.03. The predicted molar refractivity (Wildman–Crippen MR) is 121 cm³/mol. The fourth-order valence-electron chi connectivity index (χ4n) is 3.40. The molecular formula is C24H22FN3O2S. The lowest BCUT2D eigenvalue weighted by Gasteiger charge is -2.22. The first-order valence-electron chi connectivity index (χ1n) is 9.82. The first-order valence-corrected chi connectivity index (χ1v) is 10.6. The summed E-state index contributed by atoms with van der Waals surface area (Å²) in [7, 11) is 0. The molecule has 5 nitrogen and oxygen atoms in total. The fraction of sp³-hybridized carbons (Fsp3) is 0.167. The average Bonchev–Trinajstić information content (AvgIpc) is 3.37. The molecule has 0 aliphatic rings. The van der Waals surface area contributed by atoms with Gasteiger partial charge in [-0.1, -0.05) is 12.1 Å². The van der Waals surface area contributed by atoms with Gasteiger partial charge in [0.05, 0.1) is 12.3 Å². The molecule has 1 amide bonds. The van der Waals surface area contributed by atoms with Crippen LogP contribution in [0.4, 0.5) is 15.2 Å². The quantitative estimate of drug-likeness (QED) is 0.375. The molecular weight excluding hydrogens is 413 g/mol. The van der Waals surface area contributed by atoms with Crippen LogP contribution in [0.5, 0.6) is 0 Å². The Labute approximate surface area is 184 Å². The van der Waals surface area contributed by atoms with Gasteiger partial charge in [-0.3, -0.25) is 4.79 Å². The molecule has 31 heavy (non-hydrogen) atoms. The number of aromatic nitrogens is 1. The Morgan fingerprint density at radius 1 is 1.13 bits per heavy atom. The number of hydrogen-bond acceptors (Lipinski definition) is 5. The number of hydrogen-bond donors (Lipinski definition) is 2. The molecule has 2 N–H and O–H groups in total. The van der Waals surface area contributed by atoms with Crippen molar-refractivity contribution in [1.82, 2.24) is 4.98 Å². The lowest BCUT2D eigenvalue weighted by atomic mass is 9.96. The van der Waals surface area contributed by atoms with Crippen molar-refractivity contribution in [3.8, 4) is 0 Å². The van der Waals surface area contributed by atoms with Gasteiger partial charge in [0.2, 0.25) is 0 Å². The minimum atomic E-state index is -0.341. The van der Waals surface area contributed by atoms with E-state index in [1.807, 2.05) is 32.9 Å². The summed E-state index contributed by atoms with van der Waals surface area (Å²) in [5.74, 6) is 0.307. The molecule has 7 heteroatoms. The predicted octanol–water partition coefficient (Wildman–Crippen LogP) is 6.25. The van der Waals surface area contributed by atoms with Crippen LogP contribution >= 0.6 is 11.3 Å². The number of benzene rings is 1. The smallest absolute Gasteiger partial charge is 0.291 e. The van der Waals surface area contributed by atoms with E-state index in [0.29, 0.717) is 10.8 Å². The number of nitrogens with one attached hydrogen (secondary N) is 2. The molecule has 0 radical (unpaired) electrons. The molecule has 1 aromatic carbocycles. The van der Waals surface area contributed by atoms with Gasteiger partial charge in [-0.2, -0.15) is 0 Å². The van der Waals surface area contributed by atoms with Gasteiger partial charge < -0.3 is 15.1 Å². The fourth-order valence-corrected chi connectivity index (χ4v) is 4.49. The standard InChI is InChI=1S/C24H22FN3O2S/c1-14-10-11-26-20(13-14)27-22(17-6-8-18(25)9-7-17)21-15(2)16(3)31-24(21)28-23(29)19-5-4-12-30-19/h4-13,22H,1-3H3,(H,26,27)(H,28,29)/t22-/m0/s1. The van der Waals surface area contributed by atoms with Gasteiger partial charge in [0, 0.05) is 16.6 Å². The van der Waals surface area contributed by atoms with E-state index in [-0.39, 0.29) is 23.5 Å². The van der Waals surface area contributed by atoms with Crippen LogP contribution in [0.15, 0.2) is 65.4 Å². The van der Waals surface area contributed by atoms with E-state index in [9.17, 15) is 9.18 Å². The Bertz CT molecular complexity index is 1200. The molecule has 0 saturated heterocycles. The van der Waals surface area contributed by atoms with Crippen LogP contribution in [-0.2, 0) is 0 Å². The van der Waals surface area contributed by atoms with Gasteiger partial charge in [0.25, 0.3) is 5.91 Å². The van der Waals surface area contributed by atoms with Crippen molar-refractivity contribution < 1.29 is 13.6 Å². The highest BCUT2D eigenvalue weighted by molar-refractivity contribution is 7.16. The molecule has 3 aromatic heterocycles. The third-order valence-electron chi connectivity index (χ3n) is 5.10. The number of carbonyl (C=O) groups is 1. The van der Waals surface area contributed by atoms with E-state index < -0.39 is 0 Å². The highest BCUT2D eigenvalue weighted by Gasteiger charge is 2.25. The highest BCUT2D eigenvalue weighted by atomic mass is 32.1. The summed E-state index contributed by atoms with van der Waals surface area (Å²) in [4.78, 5) is 18.2. The summed E-state index contributed by atoms with van der Waals surface area (Å²) >= 11 is 1.50. The highest BCUT2D eigenvalue weighted by Crippen LogP contribution is 2.41. The van der Waals surface area contributed by atoms with Gasteiger partial charge in [0.15, 0.2) is 5.76 Å². The van der Waals surface area contributed by atoms with Gasteiger partial charge in [-0.15, -0.1) is 11.3 Å². The molecule has 4 aromatic rings. The number of amides is 1. The summed E-state index contributed by atoms with van der Waals surface area (Å²) in [5, 5.41) is 7.17. The Kier molecular flexibility index (Phi) is 5.86. The van der Waals surface area contributed by atoms with E-state index in [1.165, 1.54) is 29.7 Å². The maximum atomic E-state index is 13.6. The van der Waals surface area contributed by atoms with Gasteiger partial charge in [-0.25, -0.2) is 9.37 Å². The summed E-state index contributed by atoms with van der Waals surface area (Å²) < 4.78 is 18.9.